The van der Waals surface area contributed by atoms with E-state index >= 15 is 0 Å². The Morgan fingerprint density at radius 2 is 2.12 bits per heavy atom. The van der Waals surface area contributed by atoms with Gasteiger partial charge in [0.25, 0.3) is 0 Å². The van der Waals surface area contributed by atoms with E-state index in [1.807, 2.05) is 32.0 Å². The Bertz CT molecular complexity index is 795. The van der Waals surface area contributed by atoms with Gasteiger partial charge in [0.2, 0.25) is 11.1 Å². The molecule has 26 heavy (non-hydrogen) atoms. The lowest BCUT2D eigenvalue weighted by Crippen LogP contribution is -2.33. The molecule has 7 nitrogen and oxygen atoms in total. The van der Waals surface area contributed by atoms with Crippen molar-refractivity contribution in [2.45, 2.75) is 45.8 Å². The highest BCUT2D eigenvalue weighted by Crippen LogP contribution is 2.22. The molecule has 0 bridgehead atoms. The summed E-state index contributed by atoms with van der Waals surface area (Å²) in [6.45, 7) is 9.30. The Balaban J connectivity index is 2.11. The molecule has 0 N–H and O–H groups in total. The first kappa shape index (κ1) is 19.9. The fourth-order valence-electron chi connectivity index (χ4n) is 2.42. The second-order valence-corrected chi connectivity index (χ2v) is 7.49. The van der Waals surface area contributed by atoms with Gasteiger partial charge in [-0.15, -0.1) is 5.10 Å². The number of aromatic nitrogens is 4. The SMILES string of the molecule is Cc1ccc(N(CCC#N)C(=O)CSc2nnnn2CC(C)C)cc1C. The van der Waals surface area contributed by atoms with E-state index in [2.05, 4.69) is 35.4 Å². The van der Waals surface area contributed by atoms with Crippen LogP contribution in [-0.4, -0.2) is 38.4 Å². The molecule has 2 rings (SSSR count). The van der Waals surface area contributed by atoms with E-state index in [1.165, 1.54) is 17.3 Å². The van der Waals surface area contributed by atoms with Crippen molar-refractivity contribution in [1.29, 1.82) is 5.26 Å². The minimum absolute atomic E-state index is 0.0624. The van der Waals surface area contributed by atoms with E-state index in [-0.39, 0.29) is 18.1 Å². The third-order valence-corrected chi connectivity index (χ3v) is 4.85. The Kier molecular flexibility index (Phi) is 7.16. The van der Waals surface area contributed by atoms with E-state index < -0.39 is 0 Å². The zero-order valence-corrected chi connectivity index (χ0v) is 16.5. The maximum Gasteiger partial charge on any atom is 0.237 e. The summed E-state index contributed by atoms with van der Waals surface area (Å²) in [5.41, 5.74) is 3.10. The van der Waals surface area contributed by atoms with Crippen LogP contribution in [-0.2, 0) is 11.3 Å². The molecule has 0 saturated heterocycles. The van der Waals surface area contributed by atoms with Crippen molar-refractivity contribution in [2.24, 2.45) is 5.92 Å². The van der Waals surface area contributed by atoms with Crippen LogP contribution >= 0.6 is 11.8 Å². The summed E-state index contributed by atoms with van der Waals surface area (Å²) < 4.78 is 1.72. The summed E-state index contributed by atoms with van der Waals surface area (Å²) in [6.07, 6.45) is 0.286. The van der Waals surface area contributed by atoms with Crippen LogP contribution in [0.4, 0.5) is 5.69 Å². The number of benzene rings is 1. The van der Waals surface area contributed by atoms with Gasteiger partial charge in [-0.25, -0.2) is 4.68 Å². The van der Waals surface area contributed by atoms with Crippen molar-refractivity contribution in [1.82, 2.24) is 20.2 Å². The minimum atomic E-state index is -0.0624. The third kappa shape index (κ3) is 5.30. The van der Waals surface area contributed by atoms with Crippen molar-refractivity contribution in [3.63, 3.8) is 0 Å². The van der Waals surface area contributed by atoms with Gasteiger partial charge in [0, 0.05) is 18.8 Å². The number of rotatable bonds is 8. The van der Waals surface area contributed by atoms with Crippen LogP contribution in [0.5, 0.6) is 0 Å². The standard InChI is InChI=1S/C18H24N6OS/c1-13(2)11-24-18(20-21-22-24)26-12-17(25)23(9-5-8-19)16-7-6-14(3)15(4)10-16/h6-7,10,13H,5,9,11-12H2,1-4H3. The second-order valence-electron chi connectivity index (χ2n) is 6.55. The summed E-state index contributed by atoms with van der Waals surface area (Å²) >= 11 is 1.32. The van der Waals surface area contributed by atoms with Crippen LogP contribution in [0.25, 0.3) is 0 Å². The lowest BCUT2D eigenvalue weighted by atomic mass is 10.1. The lowest BCUT2D eigenvalue weighted by molar-refractivity contribution is -0.116. The van der Waals surface area contributed by atoms with E-state index in [0.717, 1.165) is 11.3 Å². The molecule has 1 aromatic carbocycles. The smallest absolute Gasteiger partial charge is 0.237 e. The second kappa shape index (κ2) is 9.34. The summed E-state index contributed by atoms with van der Waals surface area (Å²) in [7, 11) is 0. The van der Waals surface area contributed by atoms with Crippen molar-refractivity contribution >= 4 is 23.4 Å². The Morgan fingerprint density at radius 3 is 2.77 bits per heavy atom. The van der Waals surface area contributed by atoms with E-state index in [0.29, 0.717) is 24.2 Å². The average Bonchev–Trinajstić information content (AvgIpc) is 3.02. The molecule has 0 radical (unpaired) electrons. The number of carbonyl (C=O) groups is 1. The Labute approximate surface area is 158 Å². The monoisotopic (exact) mass is 372 g/mol. The average molecular weight is 372 g/mol. The third-order valence-electron chi connectivity index (χ3n) is 3.91. The van der Waals surface area contributed by atoms with Crippen molar-refractivity contribution in [3.05, 3.63) is 29.3 Å². The maximum atomic E-state index is 12.8. The number of anilines is 1. The number of nitrogens with zero attached hydrogens (tertiary/aromatic N) is 6. The molecule has 1 amide bonds. The van der Waals surface area contributed by atoms with Crippen molar-refractivity contribution < 1.29 is 4.79 Å². The zero-order chi connectivity index (χ0) is 19.1. The van der Waals surface area contributed by atoms with Gasteiger partial charge >= 0.3 is 0 Å². The van der Waals surface area contributed by atoms with Gasteiger partial charge in [0.15, 0.2) is 0 Å². The van der Waals surface area contributed by atoms with Crippen LogP contribution in [0, 0.1) is 31.1 Å². The number of hydrogen-bond donors (Lipinski definition) is 0. The van der Waals surface area contributed by atoms with Crippen LogP contribution in [0.3, 0.4) is 0 Å². The fraction of sp³-hybridized carbons (Fsp3) is 0.500. The highest BCUT2D eigenvalue weighted by atomic mass is 32.2. The predicted molar refractivity (Wildman–Crippen MR) is 102 cm³/mol. The first-order chi connectivity index (χ1) is 12.4. The zero-order valence-electron chi connectivity index (χ0n) is 15.6. The predicted octanol–water partition coefficient (Wildman–Crippen LogP) is 2.98. The highest BCUT2D eigenvalue weighted by Gasteiger charge is 2.18. The lowest BCUT2D eigenvalue weighted by Gasteiger charge is -2.22. The molecule has 0 unspecified atom stereocenters. The van der Waals surface area contributed by atoms with Crippen molar-refractivity contribution in [3.8, 4) is 6.07 Å². The van der Waals surface area contributed by atoms with E-state index in [1.54, 1.807) is 9.58 Å². The van der Waals surface area contributed by atoms with Gasteiger partial charge in [0.05, 0.1) is 18.2 Å². The molecule has 0 saturated carbocycles. The molecule has 138 valence electrons. The molecule has 8 heteroatoms. The summed E-state index contributed by atoms with van der Waals surface area (Å²) in [5, 5.41) is 21.2. The topological polar surface area (TPSA) is 87.7 Å². The normalized spacial score (nSPS) is 10.8. The summed E-state index contributed by atoms with van der Waals surface area (Å²) in [4.78, 5) is 14.5. The maximum absolute atomic E-state index is 12.8. The quantitative estimate of drug-likeness (QED) is 0.662. The largest absolute Gasteiger partial charge is 0.311 e. The summed E-state index contributed by atoms with van der Waals surface area (Å²) in [5.74, 6) is 0.570. The number of nitriles is 1. The molecule has 0 atom stereocenters. The molecule has 1 heterocycles. The first-order valence-corrected chi connectivity index (χ1v) is 9.54. The van der Waals surface area contributed by atoms with E-state index in [4.69, 9.17) is 5.26 Å². The molecule has 0 spiro atoms. The number of amides is 1. The number of thioether (sulfide) groups is 1. The number of aryl methyl sites for hydroxylation is 2. The first-order valence-electron chi connectivity index (χ1n) is 8.56. The number of tetrazole rings is 1. The molecule has 0 aliphatic heterocycles. The molecule has 0 fully saturated rings. The van der Waals surface area contributed by atoms with Gasteiger partial charge in [-0.3, -0.25) is 4.79 Å². The molecule has 0 aliphatic rings. The molecule has 0 aliphatic carbocycles. The van der Waals surface area contributed by atoms with Gasteiger partial charge < -0.3 is 4.90 Å². The van der Waals surface area contributed by atoms with Gasteiger partial charge in [-0.2, -0.15) is 5.26 Å². The molecule has 2 aromatic rings. The van der Waals surface area contributed by atoms with Crippen LogP contribution < -0.4 is 4.90 Å². The van der Waals surface area contributed by atoms with Crippen LogP contribution in [0.15, 0.2) is 23.4 Å². The fourth-order valence-corrected chi connectivity index (χ4v) is 3.18. The molecular weight excluding hydrogens is 348 g/mol. The molecule has 1 aromatic heterocycles. The van der Waals surface area contributed by atoms with Gasteiger partial charge in [-0.1, -0.05) is 31.7 Å². The van der Waals surface area contributed by atoms with Gasteiger partial charge in [-0.05, 0) is 53.5 Å². The van der Waals surface area contributed by atoms with E-state index in [9.17, 15) is 4.79 Å². The van der Waals surface area contributed by atoms with Crippen LogP contribution in [0.1, 0.15) is 31.4 Å². The molecular formula is C18H24N6OS. The Hall–Kier alpha value is -2.40. The van der Waals surface area contributed by atoms with Gasteiger partial charge in [0.1, 0.15) is 0 Å². The van der Waals surface area contributed by atoms with Crippen molar-refractivity contribution in [2.75, 3.05) is 17.2 Å². The Morgan fingerprint density at radius 1 is 1.35 bits per heavy atom. The minimum Gasteiger partial charge on any atom is -0.311 e. The highest BCUT2D eigenvalue weighted by molar-refractivity contribution is 7.99. The van der Waals surface area contributed by atoms with Crippen LogP contribution in [0.2, 0.25) is 0 Å². The summed E-state index contributed by atoms with van der Waals surface area (Å²) in [6, 6.07) is 8.01. The number of hydrogen-bond acceptors (Lipinski definition) is 6. The number of carbonyl (C=O) groups excluding carboxylic acids is 1.